The Morgan fingerprint density at radius 2 is 2.12 bits per heavy atom. The van der Waals surface area contributed by atoms with E-state index in [1.807, 2.05) is 25.1 Å². The molecule has 0 aliphatic rings. The summed E-state index contributed by atoms with van der Waals surface area (Å²) in [6.07, 6.45) is 0. The summed E-state index contributed by atoms with van der Waals surface area (Å²) < 4.78 is 4.96. The molecular formula is C13H19NO2S. The molecule has 0 saturated carbocycles. The highest BCUT2D eigenvalue weighted by Crippen LogP contribution is 2.11. The number of hydrogen-bond acceptors (Lipinski definition) is 3. The van der Waals surface area contributed by atoms with E-state index in [1.54, 1.807) is 18.9 Å². The average Bonchev–Trinajstić information content (AvgIpc) is 2.30. The first kappa shape index (κ1) is 14.1. The van der Waals surface area contributed by atoms with Gasteiger partial charge < -0.3 is 10.1 Å². The van der Waals surface area contributed by atoms with Crippen molar-refractivity contribution in [3.8, 4) is 0 Å². The van der Waals surface area contributed by atoms with E-state index in [0.717, 1.165) is 5.75 Å². The summed E-state index contributed by atoms with van der Waals surface area (Å²) in [4.78, 5) is 11.5. The van der Waals surface area contributed by atoms with Crippen LogP contribution in [0.5, 0.6) is 0 Å². The fraction of sp³-hybridized carbons (Fsp3) is 0.462. The molecule has 1 atom stereocenters. The Morgan fingerprint density at radius 1 is 1.41 bits per heavy atom. The maximum Gasteiger partial charge on any atom is 0.230 e. The molecule has 0 spiro atoms. The summed E-state index contributed by atoms with van der Waals surface area (Å²) in [5.74, 6) is 1.42. The van der Waals surface area contributed by atoms with E-state index in [1.165, 1.54) is 5.56 Å². The van der Waals surface area contributed by atoms with Crippen LogP contribution in [-0.2, 0) is 15.3 Å². The molecule has 1 rings (SSSR count). The quantitative estimate of drug-likeness (QED) is 0.808. The molecule has 17 heavy (non-hydrogen) atoms. The standard InChI is InChI=1S/C13H19NO2S/c1-11(8-16-2)14-13(15)10-17-9-12-6-4-3-5-7-12/h3-7,11H,8-10H2,1-2H3,(H,14,15)/t11-/m0/s1. The molecule has 94 valence electrons. The number of amides is 1. The Balaban J connectivity index is 2.16. The summed E-state index contributed by atoms with van der Waals surface area (Å²) in [5, 5.41) is 2.88. The van der Waals surface area contributed by atoms with Crippen molar-refractivity contribution in [2.75, 3.05) is 19.5 Å². The fourth-order valence-electron chi connectivity index (χ4n) is 1.44. The van der Waals surface area contributed by atoms with Gasteiger partial charge in [-0.05, 0) is 12.5 Å². The summed E-state index contributed by atoms with van der Waals surface area (Å²) in [6, 6.07) is 10.2. The summed E-state index contributed by atoms with van der Waals surface area (Å²) in [7, 11) is 1.63. The second-order valence-corrected chi connectivity index (χ2v) is 4.89. The monoisotopic (exact) mass is 253 g/mol. The molecule has 3 nitrogen and oxygen atoms in total. The number of rotatable bonds is 7. The highest BCUT2D eigenvalue weighted by Gasteiger charge is 2.06. The van der Waals surface area contributed by atoms with E-state index < -0.39 is 0 Å². The lowest BCUT2D eigenvalue weighted by Crippen LogP contribution is -2.36. The molecule has 0 aromatic heterocycles. The Labute approximate surface area is 107 Å². The van der Waals surface area contributed by atoms with Crippen LogP contribution in [0, 0.1) is 0 Å². The van der Waals surface area contributed by atoms with Crippen LogP contribution >= 0.6 is 11.8 Å². The molecule has 0 radical (unpaired) electrons. The number of carbonyl (C=O) groups excluding carboxylic acids is 1. The van der Waals surface area contributed by atoms with Crippen molar-refractivity contribution in [3.63, 3.8) is 0 Å². The second-order valence-electron chi connectivity index (χ2n) is 3.90. The van der Waals surface area contributed by atoms with Crippen LogP contribution in [-0.4, -0.2) is 31.4 Å². The van der Waals surface area contributed by atoms with E-state index in [0.29, 0.717) is 12.4 Å². The predicted molar refractivity (Wildman–Crippen MR) is 72.1 cm³/mol. The van der Waals surface area contributed by atoms with Gasteiger partial charge in [-0.25, -0.2) is 0 Å². The topological polar surface area (TPSA) is 38.3 Å². The zero-order valence-electron chi connectivity index (χ0n) is 10.3. The molecule has 1 N–H and O–H groups in total. The Hall–Kier alpha value is -1.00. The third-order valence-corrected chi connectivity index (χ3v) is 3.17. The zero-order chi connectivity index (χ0) is 12.5. The average molecular weight is 253 g/mol. The van der Waals surface area contributed by atoms with Crippen LogP contribution in [0.2, 0.25) is 0 Å². The van der Waals surface area contributed by atoms with E-state index in [2.05, 4.69) is 17.4 Å². The maximum absolute atomic E-state index is 11.5. The van der Waals surface area contributed by atoms with Crippen molar-refractivity contribution in [2.24, 2.45) is 0 Å². The van der Waals surface area contributed by atoms with Gasteiger partial charge in [-0.1, -0.05) is 30.3 Å². The predicted octanol–water partition coefficient (Wildman–Crippen LogP) is 2.07. The van der Waals surface area contributed by atoms with Crippen molar-refractivity contribution in [2.45, 2.75) is 18.7 Å². The van der Waals surface area contributed by atoms with Gasteiger partial charge in [0.25, 0.3) is 0 Å². The zero-order valence-corrected chi connectivity index (χ0v) is 11.1. The van der Waals surface area contributed by atoms with Crippen molar-refractivity contribution < 1.29 is 9.53 Å². The van der Waals surface area contributed by atoms with Gasteiger partial charge in [0.15, 0.2) is 0 Å². The lowest BCUT2D eigenvalue weighted by molar-refractivity contribution is -0.119. The van der Waals surface area contributed by atoms with Gasteiger partial charge in [0, 0.05) is 18.9 Å². The van der Waals surface area contributed by atoms with E-state index in [-0.39, 0.29) is 11.9 Å². The number of thioether (sulfide) groups is 1. The van der Waals surface area contributed by atoms with Crippen LogP contribution in [0.1, 0.15) is 12.5 Å². The Bertz CT molecular complexity index is 329. The first-order chi connectivity index (χ1) is 8.22. The molecular weight excluding hydrogens is 234 g/mol. The lowest BCUT2D eigenvalue weighted by Gasteiger charge is -2.12. The molecule has 4 heteroatoms. The molecule has 0 unspecified atom stereocenters. The Kier molecular flexibility index (Phi) is 6.74. The molecule has 0 aliphatic heterocycles. The van der Waals surface area contributed by atoms with Gasteiger partial charge in [-0.15, -0.1) is 11.8 Å². The molecule has 0 heterocycles. The van der Waals surface area contributed by atoms with Crippen molar-refractivity contribution in [1.29, 1.82) is 0 Å². The normalized spacial score (nSPS) is 12.1. The van der Waals surface area contributed by atoms with Gasteiger partial charge in [0.1, 0.15) is 0 Å². The van der Waals surface area contributed by atoms with Crippen LogP contribution in [0.15, 0.2) is 30.3 Å². The second kappa shape index (κ2) is 8.14. The molecule has 1 aromatic rings. The fourth-order valence-corrected chi connectivity index (χ4v) is 2.24. The summed E-state index contributed by atoms with van der Waals surface area (Å²) >= 11 is 1.62. The maximum atomic E-state index is 11.5. The number of carbonyl (C=O) groups is 1. The highest BCUT2D eigenvalue weighted by molar-refractivity contribution is 7.99. The minimum Gasteiger partial charge on any atom is -0.383 e. The smallest absolute Gasteiger partial charge is 0.230 e. The number of hydrogen-bond donors (Lipinski definition) is 1. The van der Waals surface area contributed by atoms with Gasteiger partial charge >= 0.3 is 0 Å². The Morgan fingerprint density at radius 3 is 2.76 bits per heavy atom. The van der Waals surface area contributed by atoms with Gasteiger partial charge in [0.2, 0.25) is 5.91 Å². The van der Waals surface area contributed by atoms with E-state index in [9.17, 15) is 4.79 Å². The van der Waals surface area contributed by atoms with Crippen LogP contribution in [0.4, 0.5) is 0 Å². The van der Waals surface area contributed by atoms with Crippen molar-refractivity contribution >= 4 is 17.7 Å². The first-order valence-electron chi connectivity index (χ1n) is 5.62. The third kappa shape index (κ3) is 6.34. The van der Waals surface area contributed by atoms with E-state index in [4.69, 9.17) is 4.74 Å². The number of benzene rings is 1. The number of nitrogens with one attached hydrogen (secondary N) is 1. The van der Waals surface area contributed by atoms with Crippen LogP contribution < -0.4 is 5.32 Å². The molecule has 0 saturated heterocycles. The summed E-state index contributed by atoms with van der Waals surface area (Å²) in [6.45, 7) is 2.48. The van der Waals surface area contributed by atoms with Crippen LogP contribution in [0.3, 0.4) is 0 Å². The van der Waals surface area contributed by atoms with Gasteiger partial charge in [-0.2, -0.15) is 0 Å². The van der Waals surface area contributed by atoms with Gasteiger partial charge in [0.05, 0.1) is 12.4 Å². The summed E-state index contributed by atoms with van der Waals surface area (Å²) in [5.41, 5.74) is 1.25. The van der Waals surface area contributed by atoms with Crippen LogP contribution in [0.25, 0.3) is 0 Å². The molecule has 0 fully saturated rings. The molecule has 0 aliphatic carbocycles. The van der Waals surface area contributed by atoms with E-state index >= 15 is 0 Å². The molecule has 0 bridgehead atoms. The van der Waals surface area contributed by atoms with Gasteiger partial charge in [-0.3, -0.25) is 4.79 Å². The molecule has 1 aromatic carbocycles. The third-order valence-electron chi connectivity index (χ3n) is 2.17. The minimum atomic E-state index is 0.0653. The first-order valence-corrected chi connectivity index (χ1v) is 6.78. The SMILES string of the molecule is COC[C@H](C)NC(=O)CSCc1ccccc1. The number of methoxy groups -OCH3 is 1. The lowest BCUT2D eigenvalue weighted by atomic mass is 10.2. The number of ether oxygens (including phenoxy) is 1. The van der Waals surface area contributed by atoms with Crippen molar-refractivity contribution in [3.05, 3.63) is 35.9 Å². The minimum absolute atomic E-state index is 0.0653. The highest BCUT2D eigenvalue weighted by atomic mass is 32.2. The largest absolute Gasteiger partial charge is 0.383 e. The molecule has 1 amide bonds. The van der Waals surface area contributed by atoms with Crippen molar-refractivity contribution in [1.82, 2.24) is 5.32 Å².